The van der Waals surface area contributed by atoms with Crippen LogP contribution < -0.4 is 5.73 Å². The van der Waals surface area contributed by atoms with E-state index in [2.05, 4.69) is 0 Å². The molecule has 1 aromatic rings. The Morgan fingerprint density at radius 1 is 1.44 bits per heavy atom. The molecule has 1 unspecified atom stereocenters. The fourth-order valence-electron chi connectivity index (χ4n) is 2.14. The summed E-state index contributed by atoms with van der Waals surface area (Å²) >= 11 is 11.9. The van der Waals surface area contributed by atoms with Gasteiger partial charge in [-0.25, -0.2) is 0 Å². The molecule has 1 atom stereocenters. The molecular weight excluding hydrogens is 271 g/mol. The van der Waals surface area contributed by atoms with Crippen molar-refractivity contribution in [3.8, 4) is 0 Å². The summed E-state index contributed by atoms with van der Waals surface area (Å²) in [6, 6.07) is 5.49. The lowest BCUT2D eigenvalue weighted by atomic mass is 10.1. The third kappa shape index (κ3) is 3.37. The number of nitrogens with two attached hydrogens (primary N) is 1. The van der Waals surface area contributed by atoms with Crippen LogP contribution in [0.5, 0.6) is 0 Å². The molecule has 1 aliphatic rings. The van der Waals surface area contributed by atoms with E-state index in [4.69, 9.17) is 28.9 Å². The third-order valence-electron chi connectivity index (χ3n) is 3.20. The van der Waals surface area contributed by atoms with Crippen molar-refractivity contribution in [2.75, 3.05) is 13.1 Å². The van der Waals surface area contributed by atoms with Crippen molar-refractivity contribution in [2.24, 2.45) is 5.73 Å². The summed E-state index contributed by atoms with van der Waals surface area (Å²) < 4.78 is 0. The molecule has 98 valence electrons. The summed E-state index contributed by atoms with van der Waals surface area (Å²) in [6.07, 6.45) is 2.00. The number of hydrogen-bond acceptors (Lipinski definition) is 2. The van der Waals surface area contributed by atoms with Gasteiger partial charge >= 0.3 is 0 Å². The predicted molar refractivity (Wildman–Crippen MR) is 74.0 cm³/mol. The first-order valence-corrected chi connectivity index (χ1v) is 6.79. The predicted octanol–water partition coefficient (Wildman–Crippen LogP) is 2.49. The Morgan fingerprint density at radius 2 is 2.22 bits per heavy atom. The Morgan fingerprint density at radius 3 is 2.83 bits per heavy atom. The molecule has 0 radical (unpaired) electrons. The summed E-state index contributed by atoms with van der Waals surface area (Å²) in [5.41, 5.74) is 6.74. The van der Waals surface area contributed by atoms with Crippen molar-refractivity contribution in [1.82, 2.24) is 4.90 Å². The number of nitrogens with zero attached hydrogens (tertiary/aromatic N) is 1. The second kappa shape index (κ2) is 5.91. The van der Waals surface area contributed by atoms with Gasteiger partial charge in [0, 0.05) is 35.6 Å². The molecular formula is C13H16Cl2N2O. The van der Waals surface area contributed by atoms with E-state index in [1.807, 2.05) is 11.0 Å². The second-order valence-corrected chi connectivity index (χ2v) is 5.47. The number of benzene rings is 1. The molecule has 0 spiro atoms. The van der Waals surface area contributed by atoms with E-state index in [-0.39, 0.29) is 11.9 Å². The van der Waals surface area contributed by atoms with Crippen LogP contribution in [-0.2, 0) is 11.2 Å². The topological polar surface area (TPSA) is 46.3 Å². The lowest BCUT2D eigenvalue weighted by Gasteiger charge is -2.15. The number of aryl methyl sites for hydroxylation is 1. The number of likely N-dealkylation sites (tertiary alicyclic amines) is 1. The van der Waals surface area contributed by atoms with Gasteiger partial charge in [0.2, 0.25) is 5.91 Å². The van der Waals surface area contributed by atoms with Crippen LogP contribution in [0.1, 0.15) is 18.4 Å². The zero-order chi connectivity index (χ0) is 13.1. The largest absolute Gasteiger partial charge is 0.341 e. The SMILES string of the molecule is NC1CCN(C(=O)CCc2ccc(Cl)cc2Cl)C1. The monoisotopic (exact) mass is 286 g/mol. The maximum atomic E-state index is 11.9. The molecule has 1 aromatic carbocycles. The smallest absolute Gasteiger partial charge is 0.222 e. The summed E-state index contributed by atoms with van der Waals surface area (Å²) in [6.45, 7) is 1.45. The minimum Gasteiger partial charge on any atom is -0.341 e. The van der Waals surface area contributed by atoms with E-state index in [0.29, 0.717) is 29.4 Å². The van der Waals surface area contributed by atoms with Crippen LogP contribution in [0.15, 0.2) is 18.2 Å². The molecule has 2 rings (SSSR count). The molecule has 0 saturated carbocycles. The van der Waals surface area contributed by atoms with Crippen molar-refractivity contribution in [1.29, 1.82) is 0 Å². The molecule has 0 aromatic heterocycles. The molecule has 1 amide bonds. The molecule has 0 aliphatic carbocycles. The van der Waals surface area contributed by atoms with Crippen molar-refractivity contribution in [3.63, 3.8) is 0 Å². The molecule has 1 heterocycles. The Labute approximate surface area is 117 Å². The summed E-state index contributed by atoms with van der Waals surface area (Å²) in [7, 11) is 0. The molecule has 0 bridgehead atoms. The molecule has 18 heavy (non-hydrogen) atoms. The first kappa shape index (κ1) is 13.7. The van der Waals surface area contributed by atoms with Crippen LogP contribution >= 0.6 is 23.2 Å². The van der Waals surface area contributed by atoms with Crippen molar-refractivity contribution < 1.29 is 4.79 Å². The fourth-order valence-corrected chi connectivity index (χ4v) is 2.64. The van der Waals surface area contributed by atoms with Gasteiger partial charge in [-0.2, -0.15) is 0 Å². The number of carbonyl (C=O) groups excluding carboxylic acids is 1. The van der Waals surface area contributed by atoms with E-state index >= 15 is 0 Å². The number of halogens is 2. The number of amides is 1. The zero-order valence-electron chi connectivity index (χ0n) is 10.0. The molecule has 1 fully saturated rings. The van der Waals surface area contributed by atoms with Crippen LogP contribution in [-0.4, -0.2) is 29.9 Å². The van der Waals surface area contributed by atoms with Gasteiger partial charge < -0.3 is 10.6 Å². The van der Waals surface area contributed by atoms with Gasteiger partial charge in [-0.05, 0) is 30.5 Å². The van der Waals surface area contributed by atoms with Gasteiger partial charge in [-0.15, -0.1) is 0 Å². The first-order chi connectivity index (χ1) is 8.56. The highest BCUT2D eigenvalue weighted by molar-refractivity contribution is 6.35. The maximum Gasteiger partial charge on any atom is 0.222 e. The normalized spacial score (nSPS) is 19.3. The van der Waals surface area contributed by atoms with E-state index < -0.39 is 0 Å². The first-order valence-electron chi connectivity index (χ1n) is 6.03. The Hall–Kier alpha value is -0.770. The summed E-state index contributed by atoms with van der Waals surface area (Å²) in [5, 5.41) is 1.23. The molecule has 1 aliphatic heterocycles. The van der Waals surface area contributed by atoms with E-state index in [0.717, 1.165) is 18.5 Å². The zero-order valence-corrected chi connectivity index (χ0v) is 11.5. The van der Waals surface area contributed by atoms with Crippen molar-refractivity contribution in [3.05, 3.63) is 33.8 Å². The number of hydrogen-bond donors (Lipinski definition) is 1. The Balaban J connectivity index is 1.89. The molecule has 2 N–H and O–H groups in total. The quantitative estimate of drug-likeness (QED) is 0.928. The minimum absolute atomic E-state index is 0.132. The van der Waals surface area contributed by atoms with Crippen LogP contribution in [0, 0.1) is 0 Å². The highest BCUT2D eigenvalue weighted by atomic mass is 35.5. The van der Waals surface area contributed by atoms with Crippen LogP contribution in [0.25, 0.3) is 0 Å². The second-order valence-electron chi connectivity index (χ2n) is 4.62. The van der Waals surface area contributed by atoms with Gasteiger partial charge in [0.1, 0.15) is 0 Å². The van der Waals surface area contributed by atoms with Gasteiger partial charge in [0.05, 0.1) is 0 Å². The van der Waals surface area contributed by atoms with E-state index in [1.54, 1.807) is 12.1 Å². The van der Waals surface area contributed by atoms with Crippen molar-refractivity contribution >= 4 is 29.1 Å². The lowest BCUT2D eigenvalue weighted by Crippen LogP contribution is -2.31. The summed E-state index contributed by atoms with van der Waals surface area (Å²) in [4.78, 5) is 13.8. The maximum absolute atomic E-state index is 11.9. The highest BCUT2D eigenvalue weighted by Crippen LogP contribution is 2.22. The van der Waals surface area contributed by atoms with E-state index in [1.165, 1.54) is 0 Å². The van der Waals surface area contributed by atoms with Gasteiger partial charge in [0.15, 0.2) is 0 Å². The lowest BCUT2D eigenvalue weighted by molar-refractivity contribution is -0.130. The molecule has 5 heteroatoms. The van der Waals surface area contributed by atoms with Crippen LogP contribution in [0.2, 0.25) is 10.0 Å². The van der Waals surface area contributed by atoms with Crippen LogP contribution in [0.3, 0.4) is 0 Å². The van der Waals surface area contributed by atoms with Crippen LogP contribution in [0.4, 0.5) is 0 Å². The van der Waals surface area contributed by atoms with Gasteiger partial charge in [0.25, 0.3) is 0 Å². The standard InChI is InChI=1S/C13H16Cl2N2O/c14-10-3-1-9(12(15)7-10)2-4-13(18)17-6-5-11(16)8-17/h1,3,7,11H,2,4-6,8,16H2. The minimum atomic E-state index is 0.132. The van der Waals surface area contributed by atoms with Gasteiger partial charge in [-0.1, -0.05) is 29.3 Å². The molecule has 3 nitrogen and oxygen atoms in total. The van der Waals surface area contributed by atoms with Gasteiger partial charge in [-0.3, -0.25) is 4.79 Å². The third-order valence-corrected chi connectivity index (χ3v) is 3.79. The average Bonchev–Trinajstić information content (AvgIpc) is 2.74. The van der Waals surface area contributed by atoms with E-state index in [9.17, 15) is 4.79 Å². The van der Waals surface area contributed by atoms with Crippen molar-refractivity contribution in [2.45, 2.75) is 25.3 Å². The summed E-state index contributed by atoms with van der Waals surface area (Å²) in [5.74, 6) is 0.147. The average molecular weight is 287 g/mol. The fraction of sp³-hybridized carbons (Fsp3) is 0.462. The Kier molecular flexibility index (Phi) is 4.49. The number of carbonyl (C=O) groups is 1. The molecule has 1 saturated heterocycles. The Bertz CT molecular complexity index is 451. The highest BCUT2D eigenvalue weighted by Gasteiger charge is 2.23. The number of rotatable bonds is 3.